The molecule has 0 unspecified atom stereocenters. The van der Waals surface area contributed by atoms with E-state index in [0.717, 1.165) is 39.8 Å². The summed E-state index contributed by atoms with van der Waals surface area (Å²) in [5, 5.41) is 31.8. The van der Waals surface area contributed by atoms with E-state index in [-0.39, 0.29) is 35.5 Å². The predicted octanol–water partition coefficient (Wildman–Crippen LogP) is 4.10. The average molecular weight is 450 g/mol. The van der Waals surface area contributed by atoms with Gasteiger partial charge in [-0.15, -0.1) is 0 Å². The van der Waals surface area contributed by atoms with Crippen LogP contribution in [0.5, 0.6) is 34.5 Å². The van der Waals surface area contributed by atoms with Crippen LogP contribution >= 0.6 is 0 Å². The first kappa shape index (κ1) is 21.3. The summed E-state index contributed by atoms with van der Waals surface area (Å²) in [5.41, 5.74) is 5.41. The molecule has 7 nitrogen and oxygen atoms in total. The number of rotatable bonds is 4. The van der Waals surface area contributed by atoms with E-state index in [0.29, 0.717) is 17.9 Å². The number of methoxy groups -OCH3 is 3. The van der Waals surface area contributed by atoms with Crippen LogP contribution in [0, 0.1) is 0 Å². The summed E-state index contributed by atoms with van der Waals surface area (Å²) in [7, 11) is 4.56. The number of phenolic OH excluding ortho intramolecular Hbond substituents is 2. The van der Waals surface area contributed by atoms with E-state index in [1.54, 1.807) is 31.4 Å². The van der Waals surface area contributed by atoms with Crippen LogP contribution in [0.3, 0.4) is 0 Å². The SMILES string of the molecule is COc1cc([C@H]2COc3cc(OC)c4c(c3[C@@H]2O)CCc2cc(O)ccc2-4)cc(OC)c1O. The number of hydrogen-bond donors (Lipinski definition) is 3. The lowest BCUT2D eigenvalue weighted by molar-refractivity contribution is 0.0875. The van der Waals surface area contributed by atoms with Crippen LogP contribution in [0.2, 0.25) is 0 Å². The Labute approximate surface area is 191 Å². The topological polar surface area (TPSA) is 97.6 Å². The summed E-state index contributed by atoms with van der Waals surface area (Å²) in [4.78, 5) is 0. The molecule has 0 bridgehead atoms. The lowest BCUT2D eigenvalue weighted by atomic mass is 9.77. The third kappa shape index (κ3) is 3.31. The number of aliphatic hydroxyl groups excluding tert-OH is 1. The molecule has 3 N–H and O–H groups in total. The van der Waals surface area contributed by atoms with Crippen molar-refractivity contribution in [3.63, 3.8) is 0 Å². The van der Waals surface area contributed by atoms with Crippen LogP contribution in [-0.2, 0) is 12.8 Å². The third-order valence-corrected chi connectivity index (χ3v) is 6.65. The van der Waals surface area contributed by atoms with Crippen molar-refractivity contribution in [2.45, 2.75) is 24.9 Å². The largest absolute Gasteiger partial charge is 0.508 e. The van der Waals surface area contributed by atoms with Crippen molar-refractivity contribution in [3.8, 4) is 45.6 Å². The number of aliphatic hydroxyl groups is 1. The van der Waals surface area contributed by atoms with E-state index in [4.69, 9.17) is 18.9 Å². The van der Waals surface area contributed by atoms with Crippen molar-refractivity contribution in [1.82, 2.24) is 0 Å². The van der Waals surface area contributed by atoms with E-state index >= 15 is 0 Å². The summed E-state index contributed by atoms with van der Waals surface area (Å²) >= 11 is 0. The van der Waals surface area contributed by atoms with Gasteiger partial charge in [-0.2, -0.15) is 0 Å². The van der Waals surface area contributed by atoms with Crippen LogP contribution < -0.4 is 18.9 Å². The number of fused-ring (bicyclic) bond motifs is 5. The number of hydrogen-bond acceptors (Lipinski definition) is 7. The Morgan fingerprint density at radius 1 is 0.879 bits per heavy atom. The van der Waals surface area contributed by atoms with Gasteiger partial charge >= 0.3 is 0 Å². The van der Waals surface area contributed by atoms with Gasteiger partial charge < -0.3 is 34.3 Å². The van der Waals surface area contributed by atoms with Crippen LogP contribution in [0.15, 0.2) is 36.4 Å². The fraction of sp³-hybridized carbons (Fsp3) is 0.308. The zero-order chi connectivity index (χ0) is 23.3. The smallest absolute Gasteiger partial charge is 0.200 e. The molecule has 0 saturated heterocycles. The predicted molar refractivity (Wildman–Crippen MR) is 122 cm³/mol. The highest BCUT2D eigenvalue weighted by atomic mass is 16.5. The molecule has 2 aliphatic rings. The number of aryl methyl sites for hydroxylation is 1. The van der Waals surface area contributed by atoms with Crippen molar-refractivity contribution in [2.75, 3.05) is 27.9 Å². The summed E-state index contributed by atoms with van der Waals surface area (Å²) in [5.74, 6) is 1.58. The molecular formula is C26H26O7. The maximum atomic E-state index is 11.6. The van der Waals surface area contributed by atoms with E-state index in [1.165, 1.54) is 14.2 Å². The minimum atomic E-state index is -0.842. The minimum Gasteiger partial charge on any atom is -0.508 e. The number of phenols is 2. The molecule has 2 atom stereocenters. The second kappa shape index (κ2) is 8.08. The van der Waals surface area contributed by atoms with Crippen molar-refractivity contribution in [2.24, 2.45) is 0 Å². The summed E-state index contributed by atoms with van der Waals surface area (Å²) in [6.45, 7) is 0.248. The van der Waals surface area contributed by atoms with Gasteiger partial charge in [0.15, 0.2) is 11.5 Å². The molecule has 0 fully saturated rings. The van der Waals surface area contributed by atoms with Crippen molar-refractivity contribution >= 4 is 0 Å². The zero-order valence-electron chi connectivity index (χ0n) is 18.7. The highest BCUT2D eigenvalue weighted by Crippen LogP contribution is 2.52. The molecule has 3 aromatic carbocycles. The van der Waals surface area contributed by atoms with Gasteiger partial charge in [0.05, 0.1) is 34.0 Å². The molecule has 1 aliphatic heterocycles. The maximum Gasteiger partial charge on any atom is 0.200 e. The van der Waals surface area contributed by atoms with Crippen molar-refractivity contribution in [1.29, 1.82) is 0 Å². The molecule has 1 aliphatic carbocycles. The molecule has 0 radical (unpaired) electrons. The lowest BCUT2D eigenvalue weighted by Crippen LogP contribution is -2.26. The molecule has 0 spiro atoms. The molecule has 1 heterocycles. The molecule has 3 aromatic rings. The van der Waals surface area contributed by atoms with Gasteiger partial charge in [-0.1, -0.05) is 6.07 Å². The van der Waals surface area contributed by atoms with Crippen LogP contribution in [0.25, 0.3) is 11.1 Å². The Morgan fingerprint density at radius 2 is 1.58 bits per heavy atom. The van der Waals surface area contributed by atoms with Gasteiger partial charge in [-0.3, -0.25) is 0 Å². The van der Waals surface area contributed by atoms with E-state index in [9.17, 15) is 15.3 Å². The van der Waals surface area contributed by atoms with Crippen LogP contribution in [0.1, 0.15) is 34.3 Å². The Hall–Kier alpha value is -3.58. The standard InChI is InChI=1S/C26H26O7/c1-30-19-11-20-24(17-6-4-13-8-15(27)5-7-16(13)23(17)19)25(28)18(12-33-20)14-9-21(31-2)26(29)22(10-14)32-3/h5,7-11,18,25,27-29H,4,6,12H2,1-3H3/t18-,25-/m1/s1. The third-order valence-electron chi connectivity index (χ3n) is 6.65. The maximum absolute atomic E-state index is 11.6. The number of ether oxygens (including phenoxy) is 4. The Balaban J connectivity index is 1.65. The molecule has 172 valence electrons. The van der Waals surface area contributed by atoms with Gasteiger partial charge in [0.1, 0.15) is 17.2 Å². The van der Waals surface area contributed by atoms with Crippen LogP contribution in [0.4, 0.5) is 0 Å². The molecule has 0 saturated carbocycles. The second-order valence-corrected chi connectivity index (χ2v) is 8.32. The molecular weight excluding hydrogens is 424 g/mol. The normalized spacial score (nSPS) is 18.4. The summed E-state index contributed by atoms with van der Waals surface area (Å²) < 4.78 is 22.4. The molecule has 7 heteroatoms. The van der Waals surface area contributed by atoms with Gasteiger partial charge in [0.25, 0.3) is 0 Å². The molecule has 5 rings (SSSR count). The second-order valence-electron chi connectivity index (χ2n) is 8.32. The van der Waals surface area contributed by atoms with Gasteiger partial charge in [0, 0.05) is 23.1 Å². The number of aromatic hydroxyl groups is 2. The lowest BCUT2D eigenvalue weighted by Gasteiger charge is -2.35. The molecule has 0 amide bonds. The molecule has 0 aromatic heterocycles. The summed E-state index contributed by atoms with van der Waals surface area (Å²) in [6.07, 6.45) is 0.570. The first-order chi connectivity index (χ1) is 16.0. The van der Waals surface area contributed by atoms with Gasteiger partial charge in [0.2, 0.25) is 5.75 Å². The van der Waals surface area contributed by atoms with E-state index in [1.807, 2.05) is 12.1 Å². The minimum absolute atomic E-state index is 0.0858. The highest BCUT2D eigenvalue weighted by Gasteiger charge is 2.37. The quantitative estimate of drug-likeness (QED) is 0.551. The fourth-order valence-corrected chi connectivity index (χ4v) is 5.03. The van der Waals surface area contributed by atoms with E-state index in [2.05, 4.69) is 0 Å². The first-order valence-corrected chi connectivity index (χ1v) is 10.8. The van der Waals surface area contributed by atoms with Gasteiger partial charge in [-0.05, 0) is 59.4 Å². The molecule has 33 heavy (non-hydrogen) atoms. The zero-order valence-corrected chi connectivity index (χ0v) is 18.7. The summed E-state index contributed by atoms with van der Waals surface area (Å²) in [6, 6.07) is 10.6. The van der Waals surface area contributed by atoms with E-state index < -0.39 is 6.10 Å². The van der Waals surface area contributed by atoms with Crippen molar-refractivity contribution < 1.29 is 34.3 Å². The fourth-order valence-electron chi connectivity index (χ4n) is 5.03. The monoisotopic (exact) mass is 450 g/mol. The van der Waals surface area contributed by atoms with Crippen molar-refractivity contribution in [3.05, 3.63) is 58.7 Å². The Kier molecular flexibility index (Phi) is 5.21. The van der Waals surface area contributed by atoms with Gasteiger partial charge in [-0.25, -0.2) is 0 Å². The Morgan fingerprint density at radius 3 is 2.24 bits per heavy atom. The van der Waals surface area contributed by atoms with Crippen LogP contribution in [-0.4, -0.2) is 43.3 Å². The Bertz CT molecular complexity index is 1210. The highest BCUT2D eigenvalue weighted by molar-refractivity contribution is 5.82. The number of benzene rings is 3. The first-order valence-electron chi connectivity index (χ1n) is 10.8. The average Bonchev–Trinajstić information content (AvgIpc) is 2.83.